The normalized spacial score (nSPS) is 11.1. The van der Waals surface area contributed by atoms with E-state index in [9.17, 15) is 13.2 Å². The van der Waals surface area contributed by atoms with Gasteiger partial charge in [-0.05, 0) is 73.7 Å². The fraction of sp³-hybridized carbons (Fsp3) is 0.240. The molecule has 0 aliphatic carbocycles. The van der Waals surface area contributed by atoms with Crippen molar-refractivity contribution in [3.8, 4) is 5.75 Å². The number of carbonyl (C=O) groups excluding carboxylic acids is 1. The number of ether oxygens (including phenoxy) is 1. The number of hydrogen-bond acceptors (Lipinski definition) is 5. The van der Waals surface area contributed by atoms with E-state index in [2.05, 4.69) is 5.32 Å². The number of hydrogen-bond donors (Lipinski definition) is 1. The van der Waals surface area contributed by atoms with Crippen molar-refractivity contribution in [1.82, 2.24) is 5.32 Å². The topological polar surface area (TPSA) is 75.7 Å². The van der Waals surface area contributed by atoms with Gasteiger partial charge in [-0.2, -0.15) is 0 Å². The maximum absolute atomic E-state index is 13.6. The number of sulfonamides is 1. The fourth-order valence-electron chi connectivity index (χ4n) is 3.30. The SMILES string of the molecule is CCOc1ccccc1N(CC(=O)NCCc1ccc(Cl)cc1)S(=O)(=O)c1ccc(SC)cc1. The third-order valence-electron chi connectivity index (χ3n) is 5.02. The Morgan fingerprint density at radius 1 is 1.03 bits per heavy atom. The maximum Gasteiger partial charge on any atom is 0.264 e. The summed E-state index contributed by atoms with van der Waals surface area (Å²) < 4.78 is 34.0. The van der Waals surface area contributed by atoms with Crippen molar-refractivity contribution in [2.75, 3.05) is 30.3 Å². The molecule has 34 heavy (non-hydrogen) atoms. The van der Waals surface area contributed by atoms with Crippen molar-refractivity contribution in [3.63, 3.8) is 0 Å². The third kappa shape index (κ3) is 6.68. The molecule has 6 nitrogen and oxygen atoms in total. The van der Waals surface area contributed by atoms with Crippen LogP contribution < -0.4 is 14.4 Å². The molecule has 0 saturated heterocycles. The molecule has 0 radical (unpaired) electrons. The second-order valence-electron chi connectivity index (χ2n) is 7.31. The van der Waals surface area contributed by atoms with E-state index < -0.39 is 15.9 Å². The van der Waals surface area contributed by atoms with Crippen molar-refractivity contribution in [3.05, 3.63) is 83.4 Å². The summed E-state index contributed by atoms with van der Waals surface area (Å²) in [5.74, 6) is -0.0205. The summed E-state index contributed by atoms with van der Waals surface area (Å²) in [5.41, 5.74) is 1.33. The van der Waals surface area contributed by atoms with E-state index in [1.54, 1.807) is 60.7 Å². The Hall–Kier alpha value is -2.68. The number of rotatable bonds is 11. The molecule has 3 aromatic carbocycles. The second kappa shape index (κ2) is 12.1. The average Bonchev–Trinajstić information content (AvgIpc) is 2.84. The van der Waals surface area contributed by atoms with Gasteiger partial charge in [0.05, 0.1) is 17.2 Å². The van der Waals surface area contributed by atoms with E-state index in [4.69, 9.17) is 16.3 Å². The lowest BCUT2D eigenvalue weighted by Gasteiger charge is -2.26. The first kappa shape index (κ1) is 25.9. The monoisotopic (exact) mass is 518 g/mol. The van der Waals surface area contributed by atoms with Crippen LogP contribution in [0.25, 0.3) is 0 Å². The van der Waals surface area contributed by atoms with E-state index in [0.717, 1.165) is 14.8 Å². The number of para-hydroxylation sites is 2. The Morgan fingerprint density at radius 3 is 2.35 bits per heavy atom. The molecule has 0 fully saturated rings. The molecule has 3 rings (SSSR count). The van der Waals surface area contributed by atoms with Gasteiger partial charge in [0.1, 0.15) is 12.3 Å². The van der Waals surface area contributed by atoms with Crippen LogP contribution in [0.3, 0.4) is 0 Å². The number of amides is 1. The van der Waals surface area contributed by atoms with Gasteiger partial charge in [0, 0.05) is 16.5 Å². The molecule has 0 aliphatic rings. The molecule has 0 atom stereocenters. The number of thioether (sulfide) groups is 1. The minimum Gasteiger partial charge on any atom is -0.492 e. The van der Waals surface area contributed by atoms with E-state index in [-0.39, 0.29) is 11.4 Å². The maximum atomic E-state index is 13.6. The Labute approximate surface area is 210 Å². The van der Waals surface area contributed by atoms with Gasteiger partial charge in [-0.25, -0.2) is 8.42 Å². The highest BCUT2D eigenvalue weighted by molar-refractivity contribution is 7.98. The molecule has 180 valence electrons. The first-order chi connectivity index (χ1) is 16.3. The fourth-order valence-corrected chi connectivity index (χ4v) is 5.26. The summed E-state index contributed by atoms with van der Waals surface area (Å²) in [7, 11) is -4.03. The predicted octanol–water partition coefficient (Wildman–Crippen LogP) is 5.01. The largest absolute Gasteiger partial charge is 0.492 e. The zero-order valence-corrected chi connectivity index (χ0v) is 21.4. The Morgan fingerprint density at radius 2 is 1.71 bits per heavy atom. The Kier molecular flexibility index (Phi) is 9.27. The van der Waals surface area contributed by atoms with Gasteiger partial charge in [-0.1, -0.05) is 35.9 Å². The number of halogens is 1. The number of nitrogens with one attached hydrogen (secondary N) is 1. The van der Waals surface area contributed by atoms with E-state index >= 15 is 0 Å². The number of anilines is 1. The standard InChI is InChI=1S/C25H27ClN2O4S2/c1-3-32-24-7-5-4-6-23(24)28(34(30,31)22-14-12-21(33-2)13-15-22)18-25(29)27-17-16-19-8-10-20(26)11-9-19/h4-15H,3,16-18H2,1-2H3,(H,27,29). The molecule has 0 spiro atoms. The van der Waals surface area contributed by atoms with E-state index in [1.807, 2.05) is 25.3 Å². The van der Waals surface area contributed by atoms with Gasteiger partial charge in [0.2, 0.25) is 5.91 Å². The van der Waals surface area contributed by atoms with Crippen LogP contribution >= 0.6 is 23.4 Å². The zero-order chi connectivity index (χ0) is 24.6. The van der Waals surface area contributed by atoms with Crippen LogP contribution in [0.4, 0.5) is 5.69 Å². The summed E-state index contributed by atoms with van der Waals surface area (Å²) in [4.78, 5) is 13.9. The van der Waals surface area contributed by atoms with Crippen LogP contribution in [0.1, 0.15) is 12.5 Å². The summed E-state index contributed by atoms with van der Waals surface area (Å²) in [5, 5.41) is 3.46. The Bertz CT molecular complexity index is 1200. The van der Waals surface area contributed by atoms with Crippen LogP contribution in [0.2, 0.25) is 5.02 Å². The van der Waals surface area contributed by atoms with E-state index in [0.29, 0.717) is 36.0 Å². The van der Waals surface area contributed by atoms with Gasteiger partial charge in [-0.3, -0.25) is 9.10 Å². The molecule has 0 heterocycles. The molecule has 0 saturated carbocycles. The lowest BCUT2D eigenvalue weighted by Crippen LogP contribution is -2.41. The lowest BCUT2D eigenvalue weighted by atomic mass is 10.1. The highest BCUT2D eigenvalue weighted by atomic mass is 35.5. The first-order valence-electron chi connectivity index (χ1n) is 10.7. The van der Waals surface area contributed by atoms with Gasteiger partial charge in [0.25, 0.3) is 10.0 Å². The molecule has 0 bridgehead atoms. The highest BCUT2D eigenvalue weighted by Gasteiger charge is 2.29. The number of nitrogens with zero attached hydrogens (tertiary/aromatic N) is 1. The van der Waals surface area contributed by atoms with Crippen molar-refractivity contribution in [2.24, 2.45) is 0 Å². The third-order valence-corrected chi connectivity index (χ3v) is 7.79. The molecule has 1 amide bonds. The summed E-state index contributed by atoms with van der Waals surface area (Å²) in [6, 6.07) is 20.8. The summed E-state index contributed by atoms with van der Waals surface area (Å²) >= 11 is 7.43. The van der Waals surface area contributed by atoms with Crippen LogP contribution in [-0.2, 0) is 21.2 Å². The second-order valence-corrected chi connectivity index (χ2v) is 10.5. The summed E-state index contributed by atoms with van der Waals surface area (Å²) in [6.07, 6.45) is 2.52. The first-order valence-corrected chi connectivity index (χ1v) is 13.8. The van der Waals surface area contributed by atoms with Crippen molar-refractivity contribution in [2.45, 2.75) is 23.1 Å². The smallest absolute Gasteiger partial charge is 0.264 e. The molecule has 3 aromatic rings. The van der Waals surface area contributed by atoms with Crippen LogP contribution in [0.5, 0.6) is 5.75 Å². The molecule has 0 unspecified atom stereocenters. The minimum absolute atomic E-state index is 0.102. The lowest BCUT2D eigenvalue weighted by molar-refractivity contribution is -0.119. The van der Waals surface area contributed by atoms with E-state index in [1.165, 1.54) is 11.8 Å². The van der Waals surface area contributed by atoms with Crippen molar-refractivity contribution in [1.29, 1.82) is 0 Å². The van der Waals surface area contributed by atoms with Gasteiger partial charge < -0.3 is 10.1 Å². The van der Waals surface area contributed by atoms with Crippen LogP contribution in [-0.4, -0.2) is 40.3 Å². The predicted molar refractivity (Wildman–Crippen MR) is 139 cm³/mol. The van der Waals surface area contributed by atoms with Gasteiger partial charge >= 0.3 is 0 Å². The highest BCUT2D eigenvalue weighted by Crippen LogP contribution is 2.32. The van der Waals surface area contributed by atoms with Gasteiger partial charge in [-0.15, -0.1) is 11.8 Å². The van der Waals surface area contributed by atoms with Crippen molar-refractivity contribution < 1.29 is 17.9 Å². The summed E-state index contributed by atoms with van der Waals surface area (Å²) in [6.45, 7) is 2.17. The zero-order valence-electron chi connectivity index (χ0n) is 19.0. The molecular weight excluding hydrogens is 492 g/mol. The molecule has 0 aromatic heterocycles. The van der Waals surface area contributed by atoms with Crippen molar-refractivity contribution >= 4 is 45.0 Å². The van der Waals surface area contributed by atoms with Crippen LogP contribution in [0.15, 0.2) is 82.6 Å². The molecular formula is C25H27ClN2O4S2. The molecule has 9 heteroatoms. The number of carbonyl (C=O) groups is 1. The van der Waals surface area contributed by atoms with Gasteiger partial charge in [0.15, 0.2) is 0 Å². The minimum atomic E-state index is -4.03. The molecule has 0 aliphatic heterocycles. The molecule has 1 N–H and O–H groups in total. The van der Waals surface area contributed by atoms with Crippen LogP contribution in [0, 0.1) is 0 Å². The Balaban J connectivity index is 1.84. The average molecular weight is 519 g/mol. The quantitative estimate of drug-likeness (QED) is 0.361. The number of benzene rings is 3.